The second-order valence-electron chi connectivity index (χ2n) is 11.8. The summed E-state index contributed by atoms with van der Waals surface area (Å²) in [5.41, 5.74) is 1.03. The topological polar surface area (TPSA) is 99.1 Å². The van der Waals surface area contributed by atoms with E-state index >= 15 is 0 Å². The number of allylic oxidation sites excluding steroid dienone is 3. The molecule has 2 heterocycles. The molecule has 0 aromatic carbocycles. The number of esters is 1. The van der Waals surface area contributed by atoms with E-state index in [4.69, 9.17) is 14.2 Å². The van der Waals surface area contributed by atoms with E-state index in [9.17, 15) is 19.5 Å². The van der Waals surface area contributed by atoms with Gasteiger partial charge in [-0.15, -0.1) is 0 Å². The Morgan fingerprint density at radius 2 is 2.00 bits per heavy atom. The Bertz CT molecular complexity index is 995. The number of hydrogen-bond acceptors (Lipinski definition) is 7. The number of ether oxygens (including phenoxy) is 3. The van der Waals surface area contributed by atoms with Gasteiger partial charge in [-0.05, 0) is 54.9 Å². The Hall–Kier alpha value is -1.83. The van der Waals surface area contributed by atoms with Gasteiger partial charge < -0.3 is 19.3 Å². The largest absolute Gasteiger partial charge is 0.452 e. The minimum absolute atomic E-state index is 0.133. The van der Waals surface area contributed by atoms with Crippen molar-refractivity contribution in [2.24, 2.45) is 28.6 Å². The third-order valence-corrected chi connectivity index (χ3v) is 9.53. The average molecular weight is 473 g/mol. The summed E-state index contributed by atoms with van der Waals surface area (Å²) >= 11 is 0. The summed E-state index contributed by atoms with van der Waals surface area (Å²) in [4.78, 5) is 37.4. The molecule has 2 saturated heterocycles. The van der Waals surface area contributed by atoms with Crippen molar-refractivity contribution in [3.63, 3.8) is 0 Å². The summed E-state index contributed by atoms with van der Waals surface area (Å²) in [5, 5.41) is 11.9. The smallest absolute Gasteiger partial charge is 0.303 e. The van der Waals surface area contributed by atoms with Crippen molar-refractivity contribution >= 4 is 18.0 Å². The molecule has 5 aliphatic rings. The molecule has 0 bridgehead atoms. The van der Waals surface area contributed by atoms with Crippen LogP contribution in [0.3, 0.4) is 0 Å². The number of carbonyl (C=O) groups excluding carboxylic acids is 3. The van der Waals surface area contributed by atoms with Crippen LogP contribution in [0.1, 0.15) is 66.7 Å². The molecular formula is C27H36O7. The van der Waals surface area contributed by atoms with E-state index in [1.165, 1.54) is 18.1 Å². The van der Waals surface area contributed by atoms with Gasteiger partial charge in [-0.1, -0.05) is 44.9 Å². The molecule has 0 spiro atoms. The predicted molar refractivity (Wildman–Crippen MR) is 122 cm³/mol. The Balaban J connectivity index is 1.62. The second-order valence-corrected chi connectivity index (χ2v) is 11.8. The van der Waals surface area contributed by atoms with Gasteiger partial charge in [-0.25, -0.2) is 0 Å². The minimum Gasteiger partial charge on any atom is -0.452 e. The highest BCUT2D eigenvalue weighted by atomic mass is 16.7. The maximum Gasteiger partial charge on any atom is 0.303 e. The molecule has 8 atom stereocenters. The highest BCUT2D eigenvalue weighted by molar-refractivity contribution is 5.96. The van der Waals surface area contributed by atoms with Crippen LogP contribution in [0.25, 0.3) is 0 Å². The summed E-state index contributed by atoms with van der Waals surface area (Å²) in [7, 11) is 0. The first-order valence-corrected chi connectivity index (χ1v) is 12.6. The molecule has 0 unspecified atom stereocenters. The Labute approximate surface area is 200 Å². The van der Waals surface area contributed by atoms with Crippen LogP contribution >= 0.6 is 0 Å². The molecule has 0 radical (unpaired) electrons. The molecule has 0 amide bonds. The van der Waals surface area contributed by atoms with Gasteiger partial charge in [0.1, 0.15) is 6.29 Å². The number of ketones is 1. The number of aldehydes is 1. The fourth-order valence-electron chi connectivity index (χ4n) is 7.74. The summed E-state index contributed by atoms with van der Waals surface area (Å²) in [5.74, 6) is -1.55. The zero-order valence-corrected chi connectivity index (χ0v) is 20.8. The number of carbonyl (C=O) groups is 3. The van der Waals surface area contributed by atoms with Crippen molar-refractivity contribution in [3.8, 4) is 0 Å². The van der Waals surface area contributed by atoms with Crippen LogP contribution in [0.5, 0.6) is 0 Å². The van der Waals surface area contributed by atoms with Gasteiger partial charge in [0.15, 0.2) is 18.0 Å². The molecule has 1 saturated carbocycles. The number of Topliss-reactive ketones (excluding diaryl/α,β-unsaturated/α-hetero) is 1. The predicted octanol–water partition coefficient (Wildman–Crippen LogP) is 3.29. The van der Waals surface area contributed by atoms with Gasteiger partial charge in [-0.2, -0.15) is 0 Å². The van der Waals surface area contributed by atoms with Crippen LogP contribution in [0.15, 0.2) is 22.8 Å². The molecule has 2 aliphatic heterocycles. The summed E-state index contributed by atoms with van der Waals surface area (Å²) in [6, 6.07) is 0. The van der Waals surface area contributed by atoms with Crippen molar-refractivity contribution in [1.29, 1.82) is 0 Å². The third-order valence-electron chi connectivity index (χ3n) is 9.53. The lowest BCUT2D eigenvalue weighted by Crippen LogP contribution is -2.62. The van der Waals surface area contributed by atoms with E-state index in [1.807, 2.05) is 6.08 Å². The lowest BCUT2D eigenvalue weighted by molar-refractivity contribution is -0.244. The normalized spacial score (nSPS) is 45.7. The van der Waals surface area contributed by atoms with Crippen LogP contribution in [0, 0.1) is 28.6 Å². The fraction of sp³-hybridized carbons (Fsp3) is 0.741. The van der Waals surface area contributed by atoms with Crippen molar-refractivity contribution in [1.82, 2.24) is 0 Å². The van der Waals surface area contributed by atoms with Crippen molar-refractivity contribution in [2.45, 2.75) is 90.8 Å². The molecule has 3 aliphatic carbocycles. The highest BCUT2D eigenvalue weighted by Crippen LogP contribution is 2.66. The second kappa shape index (κ2) is 7.84. The van der Waals surface area contributed by atoms with Crippen molar-refractivity contribution in [2.75, 3.05) is 6.61 Å². The molecule has 186 valence electrons. The number of hydrogen-bond donors (Lipinski definition) is 1. The first kappa shape index (κ1) is 23.9. The van der Waals surface area contributed by atoms with Crippen LogP contribution in [-0.4, -0.2) is 53.9 Å². The number of fused-ring (bicyclic) bond motifs is 7. The van der Waals surface area contributed by atoms with Crippen molar-refractivity contribution in [3.05, 3.63) is 22.8 Å². The van der Waals surface area contributed by atoms with Crippen LogP contribution < -0.4 is 0 Å². The molecule has 0 aromatic rings. The van der Waals surface area contributed by atoms with E-state index in [0.29, 0.717) is 17.9 Å². The van der Waals surface area contributed by atoms with E-state index in [-0.39, 0.29) is 23.4 Å². The zero-order valence-electron chi connectivity index (χ0n) is 20.8. The molecule has 3 fully saturated rings. The standard InChI is InChI=1S/C27H36O7/c1-14(2)17-8-9-25(4)10-11-26(5)18(21(17)25)7-6-16(12-28)20-23(26)34-24-27(20,31)22(30)19(13-32-24)33-15(3)29/h6,12,14,18-20,23-24,31H,7-11,13H2,1-5H3/t18-,19-,20-,23+,24+,25-,26-,27-/m1/s1. The van der Waals surface area contributed by atoms with Gasteiger partial charge in [0.25, 0.3) is 0 Å². The maximum atomic E-state index is 13.5. The summed E-state index contributed by atoms with van der Waals surface area (Å²) < 4.78 is 17.3. The average Bonchev–Trinajstić information content (AvgIpc) is 3.24. The SMILES string of the molecule is CC(=O)O[C@@H]1CO[C@H]2O[C@H]3[C@@H](C(C=O)=CC[C@@H]4C5=C(C(C)C)CC[C@]5(C)CC[C@]43C)[C@@]2(O)C1=O. The van der Waals surface area contributed by atoms with Crippen LogP contribution in [0.2, 0.25) is 0 Å². The van der Waals surface area contributed by atoms with Gasteiger partial charge in [0.2, 0.25) is 5.78 Å². The van der Waals surface area contributed by atoms with Gasteiger partial charge in [-0.3, -0.25) is 14.4 Å². The Kier molecular flexibility index (Phi) is 5.51. The quantitative estimate of drug-likeness (QED) is 0.382. The van der Waals surface area contributed by atoms with Crippen LogP contribution in [0.4, 0.5) is 0 Å². The third kappa shape index (κ3) is 3.09. The molecule has 0 aromatic heterocycles. The van der Waals surface area contributed by atoms with Gasteiger partial charge in [0.05, 0.1) is 18.6 Å². The molecular weight excluding hydrogens is 436 g/mol. The Morgan fingerprint density at radius 1 is 1.26 bits per heavy atom. The monoisotopic (exact) mass is 472 g/mol. The molecule has 1 N–H and O–H groups in total. The molecule has 5 rings (SSSR count). The zero-order chi connectivity index (χ0) is 24.6. The Morgan fingerprint density at radius 3 is 2.65 bits per heavy atom. The fourth-order valence-corrected chi connectivity index (χ4v) is 7.74. The molecule has 34 heavy (non-hydrogen) atoms. The maximum absolute atomic E-state index is 13.5. The molecule has 7 nitrogen and oxygen atoms in total. The highest BCUT2D eigenvalue weighted by Gasteiger charge is 2.71. The summed E-state index contributed by atoms with van der Waals surface area (Å²) in [6.07, 6.45) is 4.43. The van der Waals surface area contributed by atoms with E-state index in [1.54, 1.807) is 0 Å². The lowest BCUT2D eigenvalue weighted by atomic mass is 9.53. The first-order valence-electron chi connectivity index (χ1n) is 12.6. The van der Waals surface area contributed by atoms with Gasteiger partial charge in [0, 0.05) is 12.3 Å². The lowest BCUT2D eigenvalue weighted by Gasteiger charge is -2.52. The summed E-state index contributed by atoms with van der Waals surface area (Å²) in [6.45, 7) is 10.1. The molecule has 7 heteroatoms. The first-order chi connectivity index (χ1) is 16.0. The van der Waals surface area contributed by atoms with E-state index in [0.717, 1.165) is 32.0 Å². The van der Waals surface area contributed by atoms with Crippen molar-refractivity contribution < 1.29 is 33.7 Å². The van der Waals surface area contributed by atoms with Crippen LogP contribution in [-0.2, 0) is 28.6 Å². The van der Waals surface area contributed by atoms with E-state index < -0.39 is 41.8 Å². The minimum atomic E-state index is -2.08. The van der Waals surface area contributed by atoms with E-state index in [2.05, 4.69) is 27.7 Å². The number of rotatable bonds is 3. The number of aliphatic hydroxyl groups is 1. The van der Waals surface area contributed by atoms with Gasteiger partial charge >= 0.3 is 5.97 Å².